The summed E-state index contributed by atoms with van der Waals surface area (Å²) in [4.78, 5) is 61.2. The number of hydrogen-bond acceptors (Lipinski definition) is 9. The molecule has 0 aliphatic carbocycles. The molecule has 0 saturated carbocycles. The van der Waals surface area contributed by atoms with Crippen molar-refractivity contribution in [2.24, 2.45) is 5.92 Å². The third-order valence-electron chi connectivity index (χ3n) is 6.40. The number of ether oxygens (including phenoxy) is 1. The van der Waals surface area contributed by atoms with Gasteiger partial charge in [-0.15, -0.1) is 0 Å². The maximum absolute atomic E-state index is 13.6. The average Bonchev–Trinajstić information content (AvgIpc) is 3.49. The van der Waals surface area contributed by atoms with E-state index in [0.717, 1.165) is 10.1 Å². The second-order valence-corrected chi connectivity index (χ2v) is 11.3. The number of benzene rings is 2. The fraction of sp³-hybridized carbons (Fsp3) is 0.323. The highest BCUT2D eigenvalue weighted by molar-refractivity contribution is 5.98. The summed E-state index contributed by atoms with van der Waals surface area (Å²) in [5, 5.41) is 9.02. The molecule has 0 radical (unpaired) electrons. The number of hydrogen-bond donors (Lipinski definition) is 2. The van der Waals surface area contributed by atoms with Crippen LogP contribution < -0.4 is 16.2 Å². The predicted molar refractivity (Wildman–Crippen MR) is 158 cm³/mol. The second kappa shape index (κ2) is 13.2. The van der Waals surface area contributed by atoms with E-state index >= 15 is 0 Å². The molecule has 2 heterocycles. The molecule has 0 saturated heterocycles. The SMILES string of the molecule is CC(C)C(NC(=O)Cn1c(-c2ccccc2)ncc(NC(=O)OCc2ccccc2)c1=O)C(=O)c1nc(C(C)(C)C)no1. The monoisotopic (exact) mass is 586 g/mol. The zero-order valence-electron chi connectivity index (χ0n) is 24.7. The molecule has 0 aliphatic rings. The van der Waals surface area contributed by atoms with Gasteiger partial charge in [0.1, 0.15) is 24.7 Å². The number of anilines is 1. The summed E-state index contributed by atoms with van der Waals surface area (Å²) in [6, 6.07) is 16.9. The molecule has 0 spiro atoms. The van der Waals surface area contributed by atoms with E-state index in [2.05, 4.69) is 25.8 Å². The van der Waals surface area contributed by atoms with Crippen LogP contribution in [0.4, 0.5) is 10.5 Å². The molecule has 2 N–H and O–H groups in total. The van der Waals surface area contributed by atoms with E-state index in [0.29, 0.717) is 11.4 Å². The van der Waals surface area contributed by atoms with Crippen molar-refractivity contribution in [1.29, 1.82) is 0 Å². The molecule has 224 valence electrons. The minimum Gasteiger partial charge on any atom is -0.444 e. The molecular formula is C31H34N6O6. The predicted octanol–water partition coefficient (Wildman–Crippen LogP) is 4.36. The minimum absolute atomic E-state index is 0.000703. The number of nitrogens with one attached hydrogen (secondary N) is 2. The van der Waals surface area contributed by atoms with E-state index in [1.807, 2.05) is 39.0 Å². The molecule has 12 heteroatoms. The first kappa shape index (κ1) is 30.8. The van der Waals surface area contributed by atoms with Gasteiger partial charge in [-0.3, -0.25) is 24.3 Å². The highest BCUT2D eigenvalue weighted by atomic mass is 16.5. The Hall–Kier alpha value is -5.13. The topological polar surface area (TPSA) is 158 Å². The lowest BCUT2D eigenvalue weighted by atomic mass is 9.96. The third-order valence-corrected chi connectivity index (χ3v) is 6.40. The molecule has 1 unspecified atom stereocenters. The molecular weight excluding hydrogens is 552 g/mol. The van der Waals surface area contributed by atoms with Crippen LogP contribution in [-0.2, 0) is 28.1 Å². The Balaban J connectivity index is 1.56. The number of aromatic nitrogens is 4. The van der Waals surface area contributed by atoms with Gasteiger partial charge in [0.05, 0.1) is 12.2 Å². The van der Waals surface area contributed by atoms with Crippen molar-refractivity contribution in [1.82, 2.24) is 25.0 Å². The van der Waals surface area contributed by atoms with E-state index < -0.39 is 41.3 Å². The van der Waals surface area contributed by atoms with Crippen LogP contribution in [0.1, 0.15) is 56.7 Å². The molecule has 4 aromatic rings. The van der Waals surface area contributed by atoms with Crippen molar-refractivity contribution in [3.05, 3.63) is 94.5 Å². The summed E-state index contributed by atoms with van der Waals surface area (Å²) in [5.74, 6) is -1.17. The first-order chi connectivity index (χ1) is 20.4. The molecule has 1 atom stereocenters. The second-order valence-electron chi connectivity index (χ2n) is 11.3. The van der Waals surface area contributed by atoms with Crippen molar-refractivity contribution in [2.45, 2.75) is 59.2 Å². The Bertz CT molecular complexity index is 1640. The van der Waals surface area contributed by atoms with Gasteiger partial charge in [-0.05, 0) is 11.5 Å². The molecule has 0 aliphatic heterocycles. The first-order valence-electron chi connectivity index (χ1n) is 13.7. The van der Waals surface area contributed by atoms with E-state index in [4.69, 9.17) is 9.26 Å². The smallest absolute Gasteiger partial charge is 0.412 e. The van der Waals surface area contributed by atoms with Gasteiger partial charge in [-0.1, -0.05) is 100 Å². The highest BCUT2D eigenvalue weighted by Crippen LogP contribution is 2.20. The Kier molecular flexibility index (Phi) is 9.49. The zero-order valence-corrected chi connectivity index (χ0v) is 24.7. The van der Waals surface area contributed by atoms with Crippen LogP contribution in [0, 0.1) is 5.92 Å². The molecule has 2 aromatic carbocycles. The molecule has 2 amide bonds. The van der Waals surface area contributed by atoms with Gasteiger partial charge >= 0.3 is 6.09 Å². The minimum atomic E-state index is -1.00. The number of amides is 2. The number of Topliss-reactive ketones (excluding diaryl/α,β-unsaturated/α-hetero) is 1. The molecule has 0 bridgehead atoms. The summed E-state index contributed by atoms with van der Waals surface area (Å²) in [6.07, 6.45) is 0.358. The van der Waals surface area contributed by atoms with E-state index in [1.54, 1.807) is 56.3 Å². The number of carbonyl (C=O) groups is 3. The van der Waals surface area contributed by atoms with Crippen molar-refractivity contribution in [3.63, 3.8) is 0 Å². The summed E-state index contributed by atoms with van der Waals surface area (Å²) in [5.41, 5.74) is 0.0481. The van der Waals surface area contributed by atoms with Crippen LogP contribution in [0.25, 0.3) is 11.4 Å². The zero-order chi connectivity index (χ0) is 31.1. The molecule has 2 aromatic heterocycles. The third kappa shape index (κ3) is 7.79. The van der Waals surface area contributed by atoms with Crippen LogP contribution in [0.3, 0.4) is 0 Å². The molecule has 0 fully saturated rings. The first-order valence-corrected chi connectivity index (χ1v) is 13.7. The van der Waals surface area contributed by atoms with Gasteiger partial charge in [-0.2, -0.15) is 4.98 Å². The number of carbonyl (C=O) groups excluding carboxylic acids is 3. The van der Waals surface area contributed by atoms with Crippen LogP contribution in [-0.4, -0.2) is 43.5 Å². The Morgan fingerprint density at radius 3 is 2.26 bits per heavy atom. The van der Waals surface area contributed by atoms with Gasteiger partial charge in [0, 0.05) is 11.0 Å². The Morgan fingerprint density at radius 1 is 1.00 bits per heavy atom. The van der Waals surface area contributed by atoms with E-state index in [-0.39, 0.29) is 29.9 Å². The normalized spacial score (nSPS) is 12.0. The van der Waals surface area contributed by atoms with E-state index in [1.165, 1.54) is 6.20 Å². The van der Waals surface area contributed by atoms with Crippen molar-refractivity contribution in [3.8, 4) is 11.4 Å². The lowest BCUT2D eigenvalue weighted by Gasteiger charge is -2.20. The molecule has 4 rings (SSSR count). The number of rotatable bonds is 10. The van der Waals surface area contributed by atoms with Gasteiger partial charge in [0.2, 0.25) is 11.7 Å². The fourth-order valence-electron chi connectivity index (χ4n) is 4.07. The maximum atomic E-state index is 13.6. The summed E-state index contributed by atoms with van der Waals surface area (Å²) < 4.78 is 11.6. The van der Waals surface area contributed by atoms with Gasteiger partial charge in [0.25, 0.3) is 11.4 Å². The summed E-state index contributed by atoms with van der Waals surface area (Å²) >= 11 is 0. The van der Waals surface area contributed by atoms with Crippen molar-refractivity contribution >= 4 is 23.5 Å². The molecule has 12 nitrogen and oxygen atoms in total. The summed E-state index contributed by atoms with van der Waals surface area (Å²) in [6.45, 7) is 8.69. The van der Waals surface area contributed by atoms with Gasteiger partial charge in [-0.25, -0.2) is 9.78 Å². The van der Waals surface area contributed by atoms with Crippen molar-refractivity contribution in [2.75, 3.05) is 5.32 Å². The van der Waals surface area contributed by atoms with E-state index in [9.17, 15) is 19.2 Å². The fourth-order valence-corrected chi connectivity index (χ4v) is 4.07. The standard InChI is InChI=1S/C31H34N6O6/c1-19(2)24(25(39)27-35-29(36-43-27)31(3,4)5)34-23(38)17-37-26(21-14-10-7-11-15-21)32-16-22(28(37)40)33-30(41)42-18-20-12-8-6-9-13-20/h6-16,19,24H,17-18H2,1-5H3,(H,33,41)(H,34,38). The Labute approximate surface area is 248 Å². The van der Waals surface area contributed by atoms with Gasteiger partial charge < -0.3 is 14.6 Å². The largest absolute Gasteiger partial charge is 0.444 e. The molecule has 43 heavy (non-hydrogen) atoms. The lowest BCUT2D eigenvalue weighted by Crippen LogP contribution is -2.46. The van der Waals surface area contributed by atoms with Gasteiger partial charge in [0.15, 0.2) is 5.82 Å². The lowest BCUT2D eigenvalue weighted by molar-refractivity contribution is -0.122. The maximum Gasteiger partial charge on any atom is 0.412 e. The van der Waals surface area contributed by atoms with Crippen LogP contribution in [0.5, 0.6) is 0 Å². The highest BCUT2D eigenvalue weighted by Gasteiger charge is 2.32. The number of nitrogens with zero attached hydrogens (tertiary/aromatic N) is 4. The van der Waals surface area contributed by atoms with Crippen LogP contribution in [0.15, 0.2) is 76.2 Å². The van der Waals surface area contributed by atoms with Crippen molar-refractivity contribution < 1.29 is 23.6 Å². The Morgan fingerprint density at radius 2 is 1.65 bits per heavy atom. The van der Waals surface area contributed by atoms with Crippen LogP contribution in [0.2, 0.25) is 0 Å². The van der Waals surface area contributed by atoms with Crippen LogP contribution >= 0.6 is 0 Å². The number of ketones is 1. The quantitative estimate of drug-likeness (QED) is 0.258. The average molecular weight is 587 g/mol. The summed E-state index contributed by atoms with van der Waals surface area (Å²) in [7, 11) is 0.